The lowest BCUT2D eigenvalue weighted by Crippen LogP contribution is -2.59. The number of hydrogen-bond donors (Lipinski definition) is 4. The number of nitrogens with one attached hydrogen (secondary N) is 2. The highest BCUT2D eigenvalue weighted by molar-refractivity contribution is 7.09. The van der Waals surface area contributed by atoms with E-state index < -0.39 is 47.5 Å². The number of esters is 1. The molecule has 16 nitrogen and oxygen atoms in total. The van der Waals surface area contributed by atoms with Gasteiger partial charge < -0.3 is 31.1 Å². The van der Waals surface area contributed by atoms with Crippen LogP contribution in [-0.4, -0.2) is 109 Å². The summed E-state index contributed by atoms with van der Waals surface area (Å²) in [4.78, 5) is 76.6. The van der Waals surface area contributed by atoms with Crippen molar-refractivity contribution in [1.82, 2.24) is 40.4 Å². The van der Waals surface area contributed by atoms with Crippen LogP contribution in [0.4, 0.5) is 5.69 Å². The van der Waals surface area contributed by atoms with Crippen LogP contribution < -0.4 is 16.4 Å². The molecule has 0 aliphatic carbocycles. The number of aliphatic carboxylic acids is 1. The molecule has 3 amide bonds. The number of ether oxygens (including phenoxy) is 1. The highest BCUT2D eigenvalue weighted by Crippen LogP contribution is 2.33. The van der Waals surface area contributed by atoms with E-state index in [1.807, 2.05) is 88.3 Å². The first kappa shape index (κ1) is 52.3. The van der Waals surface area contributed by atoms with Crippen LogP contribution >= 0.6 is 11.3 Å². The average molecular weight is 942 g/mol. The molecule has 6 atom stereocenters. The Morgan fingerprint density at radius 3 is 2.37 bits per heavy atom. The maximum absolute atomic E-state index is 15.2. The molecule has 0 radical (unpaired) electrons. The van der Waals surface area contributed by atoms with Crippen LogP contribution in [0.5, 0.6) is 0 Å². The number of benzene rings is 2. The van der Waals surface area contributed by atoms with Crippen LogP contribution in [0.1, 0.15) is 133 Å². The van der Waals surface area contributed by atoms with Crippen molar-refractivity contribution in [3.63, 3.8) is 0 Å². The van der Waals surface area contributed by atoms with E-state index >= 15 is 4.79 Å². The number of anilines is 1. The summed E-state index contributed by atoms with van der Waals surface area (Å²) in [5.41, 5.74) is 8.06. The summed E-state index contributed by atoms with van der Waals surface area (Å²) in [6.07, 6.45) is 6.98. The monoisotopic (exact) mass is 942 g/mol. The number of thiazole rings is 1. The minimum Gasteiger partial charge on any atom is -0.481 e. The predicted octanol–water partition coefficient (Wildman–Crippen LogP) is 7.03. The predicted molar refractivity (Wildman–Crippen MR) is 259 cm³/mol. The van der Waals surface area contributed by atoms with Crippen molar-refractivity contribution in [2.24, 2.45) is 17.3 Å². The van der Waals surface area contributed by atoms with Crippen molar-refractivity contribution in [1.29, 1.82) is 0 Å². The number of hydrogen-bond acceptors (Lipinski definition) is 12. The number of carbonyl (C=O) groups excluding carboxylic acids is 4. The summed E-state index contributed by atoms with van der Waals surface area (Å²) in [6.45, 7) is 13.8. The Hall–Kier alpha value is -5.68. The van der Waals surface area contributed by atoms with Crippen LogP contribution in [0, 0.1) is 17.3 Å². The summed E-state index contributed by atoms with van der Waals surface area (Å²) in [5, 5.41) is 26.9. The van der Waals surface area contributed by atoms with Gasteiger partial charge >= 0.3 is 11.9 Å². The first-order valence-corrected chi connectivity index (χ1v) is 24.5. The number of aryl methyl sites for hydroxylation is 1. The van der Waals surface area contributed by atoms with Gasteiger partial charge in [0, 0.05) is 43.0 Å². The molecule has 5 N–H and O–H groups in total. The number of rotatable bonds is 24. The van der Waals surface area contributed by atoms with Crippen LogP contribution in [0.3, 0.4) is 0 Å². The van der Waals surface area contributed by atoms with Crippen molar-refractivity contribution in [2.45, 2.75) is 143 Å². The fourth-order valence-corrected chi connectivity index (χ4v) is 9.50. The van der Waals surface area contributed by atoms with Gasteiger partial charge in [-0.1, -0.05) is 76.1 Å². The highest BCUT2D eigenvalue weighted by atomic mass is 32.1. The lowest BCUT2D eigenvalue weighted by Gasteiger charge is -2.40. The average Bonchev–Trinajstić information content (AvgIpc) is 3.99. The molecule has 0 saturated carbocycles. The third kappa shape index (κ3) is 14.9. The quantitative estimate of drug-likeness (QED) is 0.0317. The number of likely N-dealkylation sites (N-methyl/N-ethyl adjacent to an activating group) is 1. The molecule has 0 unspecified atom stereocenters. The number of unbranched alkanes of at least 4 members (excludes halogenated alkanes) is 1. The van der Waals surface area contributed by atoms with Crippen molar-refractivity contribution < 1.29 is 33.8 Å². The normalized spacial score (nSPS) is 16.6. The molecule has 17 heteroatoms. The van der Waals surface area contributed by atoms with Gasteiger partial charge in [-0.25, -0.2) is 9.67 Å². The Balaban J connectivity index is 1.41. The topological polar surface area (TPSA) is 215 Å². The third-order valence-electron chi connectivity index (χ3n) is 12.9. The molecule has 1 aliphatic rings. The van der Waals surface area contributed by atoms with Crippen LogP contribution in [0.15, 0.2) is 66.2 Å². The second-order valence-electron chi connectivity index (χ2n) is 19.1. The van der Waals surface area contributed by atoms with E-state index in [2.05, 4.69) is 25.8 Å². The standard InChI is InChI=1S/C50H71N9O7S/c1-9-33(4)44(54-46(62)41-20-14-15-25-57(41)8)48(63)58(26-16-13-17-37-30-59(56-55-37)39-18-11-10-12-19-39)42(32(2)3)28-43(66-34(5)60)47-53-40(31-67-47)45(61)52-38(29-50(6,7)49(64)65)27-35-21-23-36(51)24-22-35/h10-12,18-19,21-24,30-33,38,41-44H,9,13-17,20,25-29,51H2,1-8H3,(H,52,61)(H,54,62)(H,64,65)/t33-,38-,41+,42+,43+,44-/m0/s1. The number of carboxylic acids is 1. The SMILES string of the molecule is CC[C@H](C)[C@H](NC(=O)[C@H]1CCCCN1C)C(=O)N(CCCCc1cn(-c2ccccc2)nn1)[C@H](C[C@@H](OC(C)=O)c1nc(C(=O)N[C@@H](Cc2ccc(N)cc2)CC(C)(C)C(=O)O)cs1)C(C)C. The summed E-state index contributed by atoms with van der Waals surface area (Å²) in [7, 11) is 1.95. The smallest absolute Gasteiger partial charge is 0.309 e. The first-order chi connectivity index (χ1) is 31.9. The molecule has 5 rings (SSSR count). The number of nitrogens with zero attached hydrogens (tertiary/aromatic N) is 6. The molecule has 1 fully saturated rings. The zero-order valence-corrected chi connectivity index (χ0v) is 41.3. The molecule has 0 bridgehead atoms. The van der Waals surface area contributed by atoms with Gasteiger partial charge in [0.15, 0.2) is 6.10 Å². The van der Waals surface area contributed by atoms with E-state index in [1.54, 1.807) is 36.0 Å². The molecule has 364 valence electrons. The van der Waals surface area contributed by atoms with Crippen LogP contribution in [-0.2, 0) is 36.8 Å². The van der Waals surface area contributed by atoms with E-state index in [0.717, 1.165) is 42.8 Å². The zero-order chi connectivity index (χ0) is 48.8. The van der Waals surface area contributed by atoms with Crippen LogP contribution in [0.2, 0.25) is 0 Å². The number of aromatic nitrogens is 4. The molecular weight excluding hydrogens is 871 g/mol. The highest BCUT2D eigenvalue weighted by Gasteiger charge is 2.39. The molecule has 2 aromatic heterocycles. The van der Waals surface area contributed by atoms with Crippen LogP contribution in [0.25, 0.3) is 5.69 Å². The van der Waals surface area contributed by atoms with Crippen molar-refractivity contribution in [3.05, 3.63) is 88.1 Å². The third-order valence-corrected chi connectivity index (χ3v) is 13.8. The summed E-state index contributed by atoms with van der Waals surface area (Å²) in [5.74, 6) is -2.69. The lowest BCUT2D eigenvalue weighted by molar-refractivity contribution is -0.150. The van der Waals surface area contributed by atoms with E-state index in [0.29, 0.717) is 49.3 Å². The number of carboxylic acid groups (broad SMARTS) is 1. The Kier molecular flexibility index (Phi) is 19.0. The fourth-order valence-electron chi connectivity index (χ4n) is 8.66. The number of carbonyl (C=O) groups is 5. The molecule has 2 aromatic carbocycles. The molecule has 3 heterocycles. The Labute approximate surface area is 399 Å². The van der Waals surface area contributed by atoms with Gasteiger partial charge in [0.1, 0.15) is 16.7 Å². The van der Waals surface area contributed by atoms with Gasteiger partial charge in [0.2, 0.25) is 11.8 Å². The Bertz CT molecular complexity index is 2250. The number of para-hydroxylation sites is 1. The van der Waals surface area contributed by atoms with Crippen molar-refractivity contribution >= 4 is 46.7 Å². The summed E-state index contributed by atoms with van der Waals surface area (Å²) >= 11 is 1.17. The van der Waals surface area contributed by atoms with E-state index in [1.165, 1.54) is 18.3 Å². The molecule has 1 saturated heterocycles. The second kappa shape index (κ2) is 24.4. The molecule has 67 heavy (non-hydrogen) atoms. The van der Waals surface area contributed by atoms with Gasteiger partial charge in [-0.2, -0.15) is 0 Å². The number of likely N-dealkylation sites (tertiary alicyclic amines) is 1. The number of amides is 3. The van der Waals surface area contributed by atoms with Gasteiger partial charge in [-0.15, -0.1) is 16.4 Å². The number of nitrogen functional groups attached to an aromatic ring is 1. The second-order valence-corrected chi connectivity index (χ2v) is 20.0. The number of piperidine rings is 1. The van der Waals surface area contributed by atoms with E-state index in [4.69, 9.17) is 15.5 Å². The van der Waals surface area contributed by atoms with Crippen molar-refractivity contribution in [3.8, 4) is 5.69 Å². The maximum Gasteiger partial charge on any atom is 0.309 e. The minimum absolute atomic E-state index is 0.0954. The zero-order valence-electron chi connectivity index (χ0n) is 40.4. The lowest BCUT2D eigenvalue weighted by atomic mass is 9.84. The summed E-state index contributed by atoms with van der Waals surface area (Å²) < 4.78 is 7.72. The van der Waals surface area contributed by atoms with Gasteiger partial charge in [-0.3, -0.25) is 28.9 Å². The van der Waals surface area contributed by atoms with Gasteiger partial charge in [0.05, 0.1) is 29.0 Å². The molecular formula is C50H71N9O7S. The Morgan fingerprint density at radius 2 is 1.73 bits per heavy atom. The van der Waals surface area contributed by atoms with Gasteiger partial charge in [0.25, 0.3) is 5.91 Å². The molecule has 1 aliphatic heterocycles. The molecule has 0 spiro atoms. The van der Waals surface area contributed by atoms with Crippen molar-refractivity contribution in [2.75, 3.05) is 25.9 Å². The van der Waals surface area contributed by atoms with Gasteiger partial charge in [-0.05, 0) is 114 Å². The van der Waals surface area contributed by atoms with E-state index in [9.17, 15) is 24.3 Å². The minimum atomic E-state index is -1.14. The van der Waals surface area contributed by atoms with E-state index in [-0.39, 0.29) is 48.2 Å². The summed E-state index contributed by atoms with van der Waals surface area (Å²) in [6, 6.07) is 14.8. The number of nitrogens with two attached hydrogens (primary N) is 1. The largest absolute Gasteiger partial charge is 0.481 e. The Morgan fingerprint density at radius 1 is 1.01 bits per heavy atom. The molecule has 4 aromatic rings. The maximum atomic E-state index is 15.2. The fraction of sp³-hybridized carbons (Fsp3) is 0.560. The first-order valence-electron chi connectivity index (χ1n) is 23.7.